The molecule has 1 N–H and O–H groups in total. The number of hydrogen-bond acceptors (Lipinski definition) is 3. The molecule has 0 atom stereocenters. The van der Waals surface area contributed by atoms with Crippen LogP contribution in [0.3, 0.4) is 0 Å². The molecule has 2 fully saturated rings. The van der Waals surface area contributed by atoms with E-state index < -0.39 is 5.97 Å². The van der Waals surface area contributed by atoms with Crippen LogP contribution in [0.25, 0.3) is 0 Å². The van der Waals surface area contributed by atoms with Gasteiger partial charge in [0.25, 0.3) is 0 Å². The quantitative estimate of drug-likeness (QED) is 0.773. The number of carbonyl (C=O) groups excluding carboxylic acids is 1. The van der Waals surface area contributed by atoms with Crippen molar-refractivity contribution < 1.29 is 19.4 Å². The molecule has 0 aromatic heterocycles. The van der Waals surface area contributed by atoms with Gasteiger partial charge in [-0.1, -0.05) is 0 Å². The average Bonchev–Trinajstić information content (AvgIpc) is 3.14. The number of urea groups is 1. The molecule has 0 aromatic rings. The highest BCUT2D eigenvalue weighted by molar-refractivity contribution is 5.76. The molecule has 0 bridgehead atoms. The van der Waals surface area contributed by atoms with Gasteiger partial charge in [0.15, 0.2) is 0 Å². The lowest BCUT2D eigenvalue weighted by molar-refractivity contribution is -0.137. The van der Waals surface area contributed by atoms with Gasteiger partial charge in [0, 0.05) is 25.7 Å². The summed E-state index contributed by atoms with van der Waals surface area (Å²) >= 11 is 0. The van der Waals surface area contributed by atoms with Gasteiger partial charge in [0.1, 0.15) is 0 Å². The first-order valence-electron chi connectivity index (χ1n) is 6.03. The van der Waals surface area contributed by atoms with Gasteiger partial charge in [-0.2, -0.15) is 0 Å². The summed E-state index contributed by atoms with van der Waals surface area (Å²) in [5.41, 5.74) is 0. The van der Waals surface area contributed by atoms with Crippen molar-refractivity contribution in [1.29, 1.82) is 0 Å². The number of rotatable bonds is 4. The zero-order valence-corrected chi connectivity index (χ0v) is 9.80. The molecule has 96 valence electrons. The number of carbonyl (C=O) groups is 2. The van der Waals surface area contributed by atoms with Crippen molar-refractivity contribution in [3.05, 3.63) is 0 Å². The summed E-state index contributed by atoms with van der Waals surface area (Å²) in [6.45, 7) is 2.67. The smallest absolute Gasteiger partial charge is 0.320 e. The van der Waals surface area contributed by atoms with Gasteiger partial charge >= 0.3 is 12.0 Å². The molecule has 1 aliphatic heterocycles. The fraction of sp³-hybridized carbons (Fsp3) is 0.818. The summed E-state index contributed by atoms with van der Waals surface area (Å²) in [5, 5.41) is 8.69. The Balaban J connectivity index is 1.89. The Hall–Kier alpha value is -1.30. The molecule has 17 heavy (non-hydrogen) atoms. The summed E-state index contributed by atoms with van der Waals surface area (Å²) in [6.07, 6.45) is 2.01. The first-order valence-corrected chi connectivity index (χ1v) is 6.03. The second-order valence-electron chi connectivity index (χ2n) is 4.45. The van der Waals surface area contributed by atoms with Crippen LogP contribution in [-0.4, -0.2) is 65.8 Å². The first kappa shape index (κ1) is 12.2. The maximum Gasteiger partial charge on any atom is 0.320 e. The molecule has 1 heterocycles. The SMILES string of the molecule is O=C(O)CCN(C(=O)N1CCOCC1)C1CC1. The Bertz CT molecular complexity index is 298. The van der Waals surface area contributed by atoms with E-state index in [0.29, 0.717) is 32.8 Å². The zero-order valence-electron chi connectivity index (χ0n) is 9.80. The van der Waals surface area contributed by atoms with Crippen molar-refractivity contribution in [1.82, 2.24) is 9.80 Å². The fourth-order valence-corrected chi connectivity index (χ4v) is 1.97. The van der Waals surface area contributed by atoms with Crippen LogP contribution >= 0.6 is 0 Å². The van der Waals surface area contributed by atoms with Gasteiger partial charge in [-0.25, -0.2) is 4.79 Å². The van der Waals surface area contributed by atoms with Gasteiger partial charge in [0.05, 0.1) is 19.6 Å². The lowest BCUT2D eigenvalue weighted by atomic mass is 10.3. The molecule has 1 aliphatic carbocycles. The maximum absolute atomic E-state index is 12.2. The van der Waals surface area contributed by atoms with Crippen LogP contribution in [-0.2, 0) is 9.53 Å². The number of aliphatic carboxylic acids is 1. The van der Waals surface area contributed by atoms with E-state index in [1.807, 2.05) is 0 Å². The number of amides is 2. The van der Waals surface area contributed by atoms with E-state index in [9.17, 15) is 9.59 Å². The Morgan fingerprint density at radius 1 is 1.29 bits per heavy atom. The molecule has 0 aromatic carbocycles. The van der Waals surface area contributed by atoms with E-state index in [-0.39, 0.29) is 18.5 Å². The molecular weight excluding hydrogens is 224 g/mol. The third kappa shape index (κ3) is 3.33. The molecule has 6 nitrogen and oxygen atoms in total. The van der Waals surface area contributed by atoms with Crippen molar-refractivity contribution in [2.24, 2.45) is 0 Å². The van der Waals surface area contributed by atoms with Crippen molar-refractivity contribution in [3.8, 4) is 0 Å². The summed E-state index contributed by atoms with van der Waals surface area (Å²) in [5.74, 6) is -0.856. The third-order valence-electron chi connectivity index (χ3n) is 3.08. The lowest BCUT2D eigenvalue weighted by Crippen LogP contribution is -2.49. The van der Waals surface area contributed by atoms with Crippen molar-refractivity contribution in [2.45, 2.75) is 25.3 Å². The second kappa shape index (κ2) is 5.35. The van der Waals surface area contributed by atoms with E-state index in [1.54, 1.807) is 9.80 Å². The number of carboxylic acids is 1. The largest absolute Gasteiger partial charge is 0.481 e. The summed E-state index contributed by atoms with van der Waals surface area (Å²) in [6, 6.07) is 0.224. The minimum atomic E-state index is -0.856. The molecule has 2 rings (SSSR count). The van der Waals surface area contributed by atoms with Crippen molar-refractivity contribution in [3.63, 3.8) is 0 Å². The maximum atomic E-state index is 12.2. The van der Waals surface area contributed by atoms with Crippen molar-refractivity contribution in [2.75, 3.05) is 32.8 Å². The minimum absolute atomic E-state index is 0.0204. The molecule has 2 amide bonds. The summed E-state index contributed by atoms with van der Waals surface area (Å²) in [4.78, 5) is 26.2. The van der Waals surface area contributed by atoms with Gasteiger partial charge < -0.3 is 19.6 Å². The highest BCUT2D eigenvalue weighted by atomic mass is 16.5. The van der Waals surface area contributed by atoms with E-state index in [4.69, 9.17) is 9.84 Å². The lowest BCUT2D eigenvalue weighted by Gasteiger charge is -2.32. The normalized spacial score (nSPS) is 20.1. The zero-order chi connectivity index (χ0) is 12.3. The summed E-state index contributed by atoms with van der Waals surface area (Å²) in [7, 11) is 0. The standard InChI is InChI=1S/C11H18N2O4/c14-10(15)3-4-13(9-1-2-9)11(16)12-5-7-17-8-6-12/h9H,1-8H2,(H,14,15). The molecule has 1 saturated heterocycles. The van der Waals surface area contributed by atoms with Gasteiger partial charge in [-0.15, -0.1) is 0 Å². The molecular formula is C11H18N2O4. The average molecular weight is 242 g/mol. The molecule has 0 radical (unpaired) electrons. The van der Waals surface area contributed by atoms with Crippen LogP contribution in [0.5, 0.6) is 0 Å². The third-order valence-corrected chi connectivity index (χ3v) is 3.08. The Labute approximate surface area is 100 Å². The molecule has 2 aliphatic rings. The van der Waals surface area contributed by atoms with Crippen LogP contribution in [0.15, 0.2) is 0 Å². The van der Waals surface area contributed by atoms with E-state index >= 15 is 0 Å². The number of ether oxygens (including phenoxy) is 1. The van der Waals surface area contributed by atoms with E-state index in [1.165, 1.54) is 0 Å². The Morgan fingerprint density at radius 3 is 2.47 bits per heavy atom. The first-order chi connectivity index (χ1) is 8.18. The van der Waals surface area contributed by atoms with Gasteiger partial charge in [-0.05, 0) is 12.8 Å². The van der Waals surface area contributed by atoms with Crippen LogP contribution in [0.4, 0.5) is 4.79 Å². The second-order valence-corrected chi connectivity index (χ2v) is 4.45. The van der Waals surface area contributed by atoms with Crippen LogP contribution < -0.4 is 0 Å². The van der Waals surface area contributed by atoms with E-state index in [0.717, 1.165) is 12.8 Å². The number of nitrogens with zero attached hydrogens (tertiary/aromatic N) is 2. The molecule has 0 spiro atoms. The van der Waals surface area contributed by atoms with Crippen molar-refractivity contribution >= 4 is 12.0 Å². The van der Waals surface area contributed by atoms with Crippen LogP contribution in [0, 0.1) is 0 Å². The molecule has 6 heteroatoms. The monoisotopic (exact) mass is 242 g/mol. The predicted octanol–water partition coefficient (Wildman–Crippen LogP) is 0.378. The highest BCUT2D eigenvalue weighted by Gasteiger charge is 2.35. The van der Waals surface area contributed by atoms with Gasteiger partial charge in [0.2, 0.25) is 0 Å². The van der Waals surface area contributed by atoms with E-state index in [2.05, 4.69) is 0 Å². The molecule has 0 unspecified atom stereocenters. The fourth-order valence-electron chi connectivity index (χ4n) is 1.97. The van der Waals surface area contributed by atoms with Crippen LogP contribution in [0.1, 0.15) is 19.3 Å². The number of hydrogen-bond donors (Lipinski definition) is 1. The predicted molar refractivity (Wildman–Crippen MR) is 59.8 cm³/mol. The van der Waals surface area contributed by atoms with Gasteiger partial charge in [-0.3, -0.25) is 4.79 Å². The number of morpholine rings is 1. The number of carboxylic acid groups (broad SMARTS) is 1. The summed E-state index contributed by atoms with van der Waals surface area (Å²) < 4.78 is 5.20. The highest BCUT2D eigenvalue weighted by Crippen LogP contribution is 2.28. The Morgan fingerprint density at radius 2 is 1.94 bits per heavy atom. The Kier molecular flexibility index (Phi) is 3.83. The molecule has 1 saturated carbocycles. The van der Waals surface area contributed by atoms with Crippen LogP contribution in [0.2, 0.25) is 0 Å². The topological polar surface area (TPSA) is 70.1 Å². The minimum Gasteiger partial charge on any atom is -0.481 e.